The van der Waals surface area contributed by atoms with Gasteiger partial charge in [0, 0.05) is 18.5 Å². The summed E-state index contributed by atoms with van der Waals surface area (Å²) in [5.41, 5.74) is 1.03. The van der Waals surface area contributed by atoms with E-state index >= 15 is 0 Å². The minimum absolute atomic E-state index is 0.00157. The standard InChI is InChI=1S/C9H16N4O/c1-3-7-6-11-13-9(7)12-8(14)4-5-10-2/h6,10H,3-5H2,1-2H3,(H2,11,12,13,14). The first kappa shape index (κ1) is 10.7. The summed E-state index contributed by atoms with van der Waals surface area (Å²) in [5.74, 6) is 0.715. The largest absolute Gasteiger partial charge is 0.319 e. The third kappa shape index (κ3) is 2.85. The second kappa shape index (κ2) is 5.39. The fraction of sp³-hybridized carbons (Fsp3) is 0.556. The highest BCUT2D eigenvalue weighted by molar-refractivity contribution is 5.90. The molecule has 1 amide bonds. The van der Waals surface area contributed by atoms with Gasteiger partial charge in [-0.15, -0.1) is 0 Å². The van der Waals surface area contributed by atoms with Crippen molar-refractivity contribution in [2.24, 2.45) is 0 Å². The summed E-state index contributed by atoms with van der Waals surface area (Å²) in [4.78, 5) is 11.3. The quantitative estimate of drug-likeness (QED) is 0.643. The van der Waals surface area contributed by atoms with Crippen molar-refractivity contribution in [2.45, 2.75) is 19.8 Å². The molecule has 0 saturated carbocycles. The van der Waals surface area contributed by atoms with Gasteiger partial charge in [0.25, 0.3) is 0 Å². The predicted molar refractivity (Wildman–Crippen MR) is 55.1 cm³/mol. The van der Waals surface area contributed by atoms with Crippen molar-refractivity contribution >= 4 is 11.7 Å². The van der Waals surface area contributed by atoms with E-state index < -0.39 is 0 Å². The van der Waals surface area contributed by atoms with E-state index in [1.165, 1.54) is 0 Å². The van der Waals surface area contributed by atoms with Crippen LogP contribution in [0.3, 0.4) is 0 Å². The van der Waals surface area contributed by atoms with Gasteiger partial charge in [0.1, 0.15) is 5.82 Å². The SMILES string of the molecule is CCc1cn[nH]c1NC(=O)CCNC. The molecule has 0 spiro atoms. The molecule has 78 valence electrons. The highest BCUT2D eigenvalue weighted by atomic mass is 16.1. The molecular weight excluding hydrogens is 180 g/mol. The smallest absolute Gasteiger partial charge is 0.226 e. The first-order chi connectivity index (χ1) is 6.77. The molecule has 1 aromatic rings. The number of nitrogens with zero attached hydrogens (tertiary/aromatic N) is 1. The molecular formula is C9H16N4O. The summed E-state index contributed by atoms with van der Waals surface area (Å²) in [6, 6.07) is 0. The minimum atomic E-state index is -0.00157. The Kier molecular flexibility index (Phi) is 4.12. The van der Waals surface area contributed by atoms with Crippen LogP contribution in [0.1, 0.15) is 18.9 Å². The molecule has 0 aromatic carbocycles. The molecule has 3 N–H and O–H groups in total. The topological polar surface area (TPSA) is 69.8 Å². The Balaban J connectivity index is 2.47. The van der Waals surface area contributed by atoms with E-state index in [0.29, 0.717) is 18.8 Å². The van der Waals surface area contributed by atoms with E-state index in [2.05, 4.69) is 20.8 Å². The van der Waals surface area contributed by atoms with Crippen molar-refractivity contribution in [3.05, 3.63) is 11.8 Å². The van der Waals surface area contributed by atoms with E-state index in [9.17, 15) is 4.79 Å². The van der Waals surface area contributed by atoms with Gasteiger partial charge in [-0.05, 0) is 13.5 Å². The molecule has 1 heterocycles. The molecule has 0 aliphatic carbocycles. The third-order valence-electron chi connectivity index (χ3n) is 1.97. The van der Waals surface area contributed by atoms with Gasteiger partial charge in [-0.2, -0.15) is 5.10 Å². The van der Waals surface area contributed by atoms with Crippen LogP contribution in [0.15, 0.2) is 6.20 Å². The molecule has 1 aromatic heterocycles. The Morgan fingerprint density at radius 3 is 3.07 bits per heavy atom. The zero-order chi connectivity index (χ0) is 10.4. The number of carbonyl (C=O) groups excluding carboxylic acids is 1. The highest BCUT2D eigenvalue weighted by Gasteiger charge is 2.06. The second-order valence-electron chi connectivity index (χ2n) is 3.03. The zero-order valence-corrected chi connectivity index (χ0v) is 8.55. The maximum Gasteiger partial charge on any atom is 0.226 e. The number of aryl methyl sites for hydroxylation is 1. The number of rotatable bonds is 5. The average molecular weight is 196 g/mol. The van der Waals surface area contributed by atoms with Crippen molar-refractivity contribution in [3.8, 4) is 0 Å². The minimum Gasteiger partial charge on any atom is -0.319 e. The van der Waals surface area contributed by atoms with E-state index in [-0.39, 0.29) is 5.91 Å². The molecule has 14 heavy (non-hydrogen) atoms. The lowest BCUT2D eigenvalue weighted by Crippen LogP contribution is -2.19. The number of amides is 1. The Bertz CT molecular complexity index is 295. The summed E-state index contributed by atoms with van der Waals surface area (Å²) < 4.78 is 0. The van der Waals surface area contributed by atoms with Crippen LogP contribution >= 0.6 is 0 Å². The van der Waals surface area contributed by atoms with Crippen molar-refractivity contribution in [1.82, 2.24) is 15.5 Å². The maximum atomic E-state index is 11.3. The van der Waals surface area contributed by atoms with Gasteiger partial charge in [0.15, 0.2) is 0 Å². The van der Waals surface area contributed by atoms with Crippen LogP contribution in [0.2, 0.25) is 0 Å². The van der Waals surface area contributed by atoms with Crippen LogP contribution in [0, 0.1) is 0 Å². The Morgan fingerprint density at radius 2 is 2.43 bits per heavy atom. The van der Waals surface area contributed by atoms with Crippen LogP contribution in [-0.4, -0.2) is 29.7 Å². The molecule has 0 unspecified atom stereocenters. The molecule has 0 aliphatic rings. The molecule has 0 saturated heterocycles. The number of nitrogens with one attached hydrogen (secondary N) is 3. The third-order valence-corrected chi connectivity index (χ3v) is 1.97. The Morgan fingerprint density at radius 1 is 1.64 bits per heavy atom. The summed E-state index contributed by atoms with van der Waals surface area (Å²) in [6.07, 6.45) is 3.06. The van der Waals surface area contributed by atoms with Crippen molar-refractivity contribution in [1.29, 1.82) is 0 Å². The number of carbonyl (C=O) groups is 1. The second-order valence-corrected chi connectivity index (χ2v) is 3.03. The molecule has 0 fully saturated rings. The molecule has 1 rings (SSSR count). The first-order valence-electron chi connectivity index (χ1n) is 4.74. The van der Waals surface area contributed by atoms with Gasteiger partial charge in [-0.1, -0.05) is 6.92 Å². The fourth-order valence-corrected chi connectivity index (χ4v) is 1.13. The van der Waals surface area contributed by atoms with Gasteiger partial charge < -0.3 is 10.6 Å². The van der Waals surface area contributed by atoms with Gasteiger partial charge >= 0.3 is 0 Å². The highest BCUT2D eigenvalue weighted by Crippen LogP contribution is 2.10. The van der Waals surface area contributed by atoms with Crippen LogP contribution < -0.4 is 10.6 Å². The number of aromatic nitrogens is 2. The number of hydrogen-bond donors (Lipinski definition) is 3. The summed E-state index contributed by atoms with van der Waals surface area (Å²) in [5, 5.41) is 12.3. The molecule has 0 radical (unpaired) electrons. The summed E-state index contributed by atoms with van der Waals surface area (Å²) in [7, 11) is 1.82. The van der Waals surface area contributed by atoms with Crippen molar-refractivity contribution in [3.63, 3.8) is 0 Å². The molecule has 5 heteroatoms. The average Bonchev–Trinajstić information content (AvgIpc) is 2.62. The molecule has 0 atom stereocenters. The lowest BCUT2D eigenvalue weighted by Gasteiger charge is -2.03. The van der Waals surface area contributed by atoms with E-state index in [1.807, 2.05) is 14.0 Å². The monoisotopic (exact) mass is 196 g/mol. The molecule has 5 nitrogen and oxygen atoms in total. The number of hydrogen-bond acceptors (Lipinski definition) is 3. The van der Waals surface area contributed by atoms with Gasteiger partial charge in [0.2, 0.25) is 5.91 Å². The summed E-state index contributed by atoms with van der Waals surface area (Å²) >= 11 is 0. The molecule has 0 aliphatic heterocycles. The van der Waals surface area contributed by atoms with Gasteiger partial charge in [0.05, 0.1) is 6.20 Å². The number of anilines is 1. The predicted octanol–water partition coefficient (Wildman–Crippen LogP) is 0.520. The summed E-state index contributed by atoms with van der Waals surface area (Å²) in [6.45, 7) is 2.70. The van der Waals surface area contributed by atoms with Crippen molar-refractivity contribution < 1.29 is 4.79 Å². The van der Waals surface area contributed by atoms with E-state index in [4.69, 9.17) is 0 Å². The van der Waals surface area contributed by atoms with E-state index in [1.54, 1.807) is 6.20 Å². The van der Waals surface area contributed by atoms with Crippen LogP contribution in [0.25, 0.3) is 0 Å². The Hall–Kier alpha value is -1.36. The van der Waals surface area contributed by atoms with E-state index in [0.717, 1.165) is 12.0 Å². The van der Waals surface area contributed by atoms with Gasteiger partial charge in [-0.3, -0.25) is 9.89 Å². The molecule has 0 bridgehead atoms. The lowest BCUT2D eigenvalue weighted by molar-refractivity contribution is -0.116. The normalized spacial score (nSPS) is 10.1. The number of H-pyrrole nitrogens is 1. The lowest BCUT2D eigenvalue weighted by atomic mass is 10.2. The zero-order valence-electron chi connectivity index (χ0n) is 8.55. The van der Waals surface area contributed by atoms with Gasteiger partial charge in [-0.25, -0.2) is 0 Å². The first-order valence-corrected chi connectivity index (χ1v) is 4.74. The Labute approximate surface area is 83.3 Å². The fourth-order valence-electron chi connectivity index (χ4n) is 1.13. The van der Waals surface area contributed by atoms with Crippen LogP contribution in [0.4, 0.5) is 5.82 Å². The van der Waals surface area contributed by atoms with Crippen LogP contribution in [-0.2, 0) is 11.2 Å². The van der Waals surface area contributed by atoms with Crippen LogP contribution in [0.5, 0.6) is 0 Å². The van der Waals surface area contributed by atoms with Crippen molar-refractivity contribution in [2.75, 3.05) is 18.9 Å². The number of aromatic amines is 1. The maximum absolute atomic E-state index is 11.3.